The number of anilines is 1. The van der Waals surface area contributed by atoms with Crippen molar-refractivity contribution < 1.29 is 19.1 Å². The van der Waals surface area contributed by atoms with Crippen LogP contribution in [0.25, 0.3) is 0 Å². The molecule has 0 radical (unpaired) electrons. The highest BCUT2D eigenvalue weighted by Crippen LogP contribution is 2.52. The zero-order valence-corrected chi connectivity index (χ0v) is 20.4. The van der Waals surface area contributed by atoms with E-state index in [2.05, 4.69) is 4.90 Å². The summed E-state index contributed by atoms with van der Waals surface area (Å²) >= 11 is 6.35. The Morgan fingerprint density at radius 3 is 2.63 bits per heavy atom. The first-order valence-corrected chi connectivity index (χ1v) is 12.4. The van der Waals surface area contributed by atoms with E-state index >= 15 is 0 Å². The van der Waals surface area contributed by atoms with E-state index in [1.165, 1.54) is 0 Å². The molecule has 4 atom stereocenters. The van der Waals surface area contributed by atoms with Gasteiger partial charge in [0.15, 0.2) is 0 Å². The standard InChI is InChI=1S/C27H28ClN3O4/c1-34-21-9-5-4-8-20(21)29-12-14-30(15-13-29)25(32)23-22-10-11-27(35-22)17-31(26(33)24(23)27)16-18-6-2-3-7-19(18)28/h2-11,22-24H,12-17H2,1H3/t22-,23+,24-,27+/m1/s1. The van der Waals surface area contributed by atoms with Gasteiger partial charge in [0.05, 0.1) is 37.3 Å². The number of rotatable bonds is 5. The number of para-hydroxylation sites is 2. The minimum absolute atomic E-state index is 0.0128. The molecule has 35 heavy (non-hydrogen) atoms. The minimum atomic E-state index is -0.720. The average molecular weight is 494 g/mol. The Bertz CT molecular complexity index is 1190. The number of piperazine rings is 1. The highest BCUT2D eigenvalue weighted by atomic mass is 35.5. The second-order valence-electron chi connectivity index (χ2n) is 9.67. The van der Waals surface area contributed by atoms with E-state index in [1.807, 2.05) is 65.6 Å². The van der Waals surface area contributed by atoms with Crippen LogP contribution in [-0.2, 0) is 20.9 Å². The molecule has 0 aliphatic carbocycles. The third-order valence-electron chi connectivity index (χ3n) is 7.80. The van der Waals surface area contributed by atoms with E-state index in [9.17, 15) is 9.59 Å². The van der Waals surface area contributed by atoms with Gasteiger partial charge in [-0.25, -0.2) is 0 Å². The molecule has 2 amide bonds. The Kier molecular flexibility index (Phi) is 5.49. The molecular weight excluding hydrogens is 466 g/mol. The molecule has 0 aromatic heterocycles. The van der Waals surface area contributed by atoms with Crippen molar-refractivity contribution in [2.45, 2.75) is 18.2 Å². The maximum absolute atomic E-state index is 13.7. The van der Waals surface area contributed by atoms with Gasteiger partial charge in [0, 0.05) is 37.7 Å². The van der Waals surface area contributed by atoms with Gasteiger partial charge in [-0.15, -0.1) is 0 Å². The molecule has 4 aliphatic heterocycles. The van der Waals surface area contributed by atoms with Crippen LogP contribution in [0.4, 0.5) is 5.69 Å². The van der Waals surface area contributed by atoms with Gasteiger partial charge in [-0.3, -0.25) is 9.59 Å². The van der Waals surface area contributed by atoms with E-state index in [-0.39, 0.29) is 17.9 Å². The molecule has 2 aromatic carbocycles. The summed E-state index contributed by atoms with van der Waals surface area (Å²) in [6.07, 6.45) is 3.62. The van der Waals surface area contributed by atoms with Crippen LogP contribution in [0.5, 0.6) is 5.75 Å². The number of hydrogen-bond donors (Lipinski definition) is 0. The molecule has 182 valence electrons. The lowest BCUT2D eigenvalue weighted by atomic mass is 9.76. The molecular formula is C27H28ClN3O4. The predicted molar refractivity (Wildman–Crippen MR) is 132 cm³/mol. The van der Waals surface area contributed by atoms with Gasteiger partial charge in [0.1, 0.15) is 11.4 Å². The first-order valence-electron chi connectivity index (χ1n) is 12.1. The molecule has 0 unspecified atom stereocenters. The van der Waals surface area contributed by atoms with Crippen molar-refractivity contribution in [1.29, 1.82) is 0 Å². The smallest absolute Gasteiger partial charge is 0.230 e. The minimum Gasteiger partial charge on any atom is -0.495 e. The number of carbonyl (C=O) groups excluding carboxylic acids is 2. The monoisotopic (exact) mass is 493 g/mol. The van der Waals surface area contributed by atoms with Crippen molar-refractivity contribution in [3.63, 3.8) is 0 Å². The van der Waals surface area contributed by atoms with Gasteiger partial charge in [-0.05, 0) is 23.8 Å². The van der Waals surface area contributed by atoms with Gasteiger partial charge >= 0.3 is 0 Å². The van der Waals surface area contributed by atoms with Crippen molar-refractivity contribution >= 4 is 29.1 Å². The number of amides is 2. The normalized spacial score (nSPS) is 29.1. The number of benzene rings is 2. The second kappa shape index (κ2) is 8.57. The highest BCUT2D eigenvalue weighted by Gasteiger charge is 2.67. The number of likely N-dealkylation sites (tertiary alicyclic amines) is 1. The third kappa shape index (κ3) is 3.60. The van der Waals surface area contributed by atoms with Gasteiger partial charge in [-0.2, -0.15) is 0 Å². The van der Waals surface area contributed by atoms with E-state index in [1.54, 1.807) is 12.0 Å². The summed E-state index contributed by atoms with van der Waals surface area (Å²) in [5.74, 6) is -0.154. The fraction of sp³-hybridized carbons (Fsp3) is 0.407. The van der Waals surface area contributed by atoms with Gasteiger partial charge in [0.2, 0.25) is 11.8 Å². The summed E-state index contributed by atoms with van der Waals surface area (Å²) in [5, 5.41) is 0.635. The van der Waals surface area contributed by atoms with Crippen LogP contribution in [-0.4, -0.2) is 73.2 Å². The van der Waals surface area contributed by atoms with Crippen molar-refractivity contribution in [2.24, 2.45) is 11.8 Å². The molecule has 4 heterocycles. The van der Waals surface area contributed by atoms with Crippen molar-refractivity contribution in [3.8, 4) is 5.75 Å². The van der Waals surface area contributed by atoms with E-state index in [4.69, 9.17) is 21.1 Å². The summed E-state index contributed by atoms with van der Waals surface area (Å²) in [5.41, 5.74) is 1.21. The Morgan fingerprint density at radius 1 is 1.11 bits per heavy atom. The average Bonchev–Trinajstić information content (AvgIpc) is 3.53. The van der Waals surface area contributed by atoms with Crippen LogP contribution in [0.15, 0.2) is 60.7 Å². The molecule has 8 heteroatoms. The number of hydrogen-bond acceptors (Lipinski definition) is 5. The maximum Gasteiger partial charge on any atom is 0.230 e. The van der Waals surface area contributed by atoms with Crippen molar-refractivity contribution in [2.75, 3.05) is 44.7 Å². The molecule has 0 N–H and O–H groups in total. The summed E-state index contributed by atoms with van der Waals surface area (Å²) in [7, 11) is 1.67. The number of halogens is 1. The molecule has 2 aromatic rings. The van der Waals surface area contributed by atoms with Crippen LogP contribution in [0.3, 0.4) is 0 Å². The Morgan fingerprint density at radius 2 is 1.86 bits per heavy atom. The topological polar surface area (TPSA) is 62.3 Å². The van der Waals surface area contributed by atoms with E-state index in [0.717, 1.165) is 17.0 Å². The predicted octanol–water partition coefficient (Wildman–Crippen LogP) is 2.98. The van der Waals surface area contributed by atoms with Crippen LogP contribution >= 0.6 is 11.6 Å². The lowest BCUT2D eigenvalue weighted by molar-refractivity contribution is -0.143. The Labute approximate surface area is 209 Å². The number of ether oxygens (including phenoxy) is 2. The zero-order valence-electron chi connectivity index (χ0n) is 19.6. The first kappa shape index (κ1) is 22.4. The van der Waals surface area contributed by atoms with E-state index < -0.39 is 17.4 Å². The molecule has 7 nitrogen and oxygen atoms in total. The van der Waals surface area contributed by atoms with Gasteiger partial charge < -0.3 is 24.2 Å². The maximum atomic E-state index is 13.7. The largest absolute Gasteiger partial charge is 0.495 e. The second-order valence-corrected chi connectivity index (χ2v) is 10.1. The number of fused-ring (bicyclic) bond motifs is 1. The van der Waals surface area contributed by atoms with Gasteiger partial charge in [-0.1, -0.05) is 54.1 Å². The van der Waals surface area contributed by atoms with Crippen LogP contribution in [0.1, 0.15) is 5.56 Å². The molecule has 2 bridgehead atoms. The van der Waals surface area contributed by atoms with Crippen molar-refractivity contribution in [1.82, 2.24) is 9.80 Å². The third-order valence-corrected chi connectivity index (χ3v) is 8.17. The van der Waals surface area contributed by atoms with Gasteiger partial charge in [0.25, 0.3) is 0 Å². The van der Waals surface area contributed by atoms with Crippen molar-refractivity contribution in [3.05, 3.63) is 71.3 Å². The summed E-state index contributed by atoms with van der Waals surface area (Å²) in [6.45, 7) is 3.48. The van der Waals surface area contributed by atoms with Crippen LogP contribution in [0, 0.1) is 11.8 Å². The molecule has 1 spiro atoms. The first-order chi connectivity index (χ1) is 17.0. The van der Waals surface area contributed by atoms with E-state index in [0.29, 0.717) is 44.3 Å². The van der Waals surface area contributed by atoms with Crippen LogP contribution in [0.2, 0.25) is 5.02 Å². The lowest BCUT2D eigenvalue weighted by Crippen LogP contribution is -2.53. The molecule has 6 rings (SSSR count). The SMILES string of the molecule is COc1ccccc1N1CCN(C(=O)[C@H]2[C@H]3C=C[C@@]4(CN(Cc5ccccc5Cl)C(=O)[C@@H]24)O3)CC1. The number of carbonyl (C=O) groups is 2. The zero-order chi connectivity index (χ0) is 24.2. The quantitative estimate of drug-likeness (QED) is 0.599. The fourth-order valence-corrected chi connectivity index (χ4v) is 6.29. The number of methoxy groups -OCH3 is 1. The molecule has 3 fully saturated rings. The molecule has 4 aliphatic rings. The summed E-state index contributed by atoms with van der Waals surface area (Å²) in [4.78, 5) is 33.2. The summed E-state index contributed by atoms with van der Waals surface area (Å²) < 4.78 is 11.8. The molecule has 3 saturated heterocycles. The Hall–Kier alpha value is -3.03. The lowest BCUT2D eigenvalue weighted by Gasteiger charge is -2.38. The highest BCUT2D eigenvalue weighted by molar-refractivity contribution is 6.31. The fourth-order valence-electron chi connectivity index (χ4n) is 6.10. The molecule has 0 saturated carbocycles. The number of nitrogens with zero attached hydrogens (tertiary/aromatic N) is 3. The Balaban J connectivity index is 1.17. The summed E-state index contributed by atoms with van der Waals surface area (Å²) in [6, 6.07) is 15.5. The van der Waals surface area contributed by atoms with Crippen LogP contribution < -0.4 is 9.64 Å².